The van der Waals surface area contributed by atoms with Crippen molar-refractivity contribution in [2.45, 2.75) is 38.8 Å². The molecule has 6 heteroatoms. The van der Waals surface area contributed by atoms with Crippen molar-refractivity contribution >= 4 is 5.91 Å². The Morgan fingerprint density at radius 3 is 2.68 bits per heavy atom. The molecule has 1 aromatic rings. The van der Waals surface area contributed by atoms with E-state index in [0.717, 1.165) is 44.6 Å². The number of nitrogens with zero attached hydrogens (tertiary/aromatic N) is 1. The van der Waals surface area contributed by atoms with Crippen LogP contribution in [0.25, 0.3) is 0 Å². The van der Waals surface area contributed by atoms with Crippen LogP contribution in [0.15, 0.2) is 18.2 Å². The van der Waals surface area contributed by atoms with E-state index in [4.69, 9.17) is 4.74 Å². The van der Waals surface area contributed by atoms with E-state index in [1.54, 1.807) is 6.92 Å². The van der Waals surface area contributed by atoms with E-state index in [9.17, 15) is 13.6 Å². The van der Waals surface area contributed by atoms with Gasteiger partial charge in [-0.25, -0.2) is 8.78 Å². The summed E-state index contributed by atoms with van der Waals surface area (Å²) >= 11 is 0. The van der Waals surface area contributed by atoms with E-state index in [2.05, 4.69) is 17.1 Å². The van der Waals surface area contributed by atoms with Gasteiger partial charge in [-0.15, -0.1) is 0 Å². The first kappa shape index (κ1) is 16.7. The van der Waals surface area contributed by atoms with Gasteiger partial charge < -0.3 is 15.0 Å². The molecule has 2 rings (SSSR count). The number of halogens is 2. The third kappa shape index (κ3) is 4.40. The number of likely N-dealkylation sites (tertiary alicyclic amines) is 1. The van der Waals surface area contributed by atoms with Crippen molar-refractivity contribution < 1.29 is 18.3 Å². The molecule has 0 aliphatic carbocycles. The highest BCUT2D eigenvalue weighted by molar-refractivity contribution is 5.81. The average Bonchev–Trinajstić information content (AvgIpc) is 2.50. The Hall–Kier alpha value is -1.69. The number of benzene rings is 1. The van der Waals surface area contributed by atoms with Gasteiger partial charge in [0.2, 0.25) is 0 Å². The van der Waals surface area contributed by atoms with Gasteiger partial charge in [-0.3, -0.25) is 4.79 Å². The fraction of sp³-hybridized carbons (Fsp3) is 0.562. The lowest BCUT2D eigenvalue weighted by Crippen LogP contribution is -2.48. The molecule has 0 radical (unpaired) electrons. The third-order valence-electron chi connectivity index (χ3n) is 3.95. The summed E-state index contributed by atoms with van der Waals surface area (Å²) < 4.78 is 31.6. The molecule has 1 fully saturated rings. The molecule has 1 atom stereocenters. The molecule has 4 nitrogen and oxygen atoms in total. The zero-order valence-electron chi connectivity index (χ0n) is 12.9. The molecule has 0 spiro atoms. The van der Waals surface area contributed by atoms with Crippen LogP contribution < -0.4 is 10.1 Å². The molecule has 22 heavy (non-hydrogen) atoms. The summed E-state index contributed by atoms with van der Waals surface area (Å²) in [5, 5.41) is 2.93. The van der Waals surface area contributed by atoms with Crippen LogP contribution in [-0.2, 0) is 4.79 Å². The van der Waals surface area contributed by atoms with Crippen molar-refractivity contribution in [2.75, 3.05) is 19.6 Å². The predicted molar refractivity (Wildman–Crippen MR) is 79.7 cm³/mol. The van der Waals surface area contributed by atoms with Gasteiger partial charge in [-0.05, 0) is 38.4 Å². The SMILES string of the molecule is CCN1CCC(NC(=O)[C@H](C)Oc2ccc(F)cc2F)CC1. The summed E-state index contributed by atoms with van der Waals surface area (Å²) in [4.78, 5) is 14.4. The normalized spacial score (nSPS) is 18.0. The molecule has 0 bridgehead atoms. The van der Waals surface area contributed by atoms with E-state index >= 15 is 0 Å². The molecular weight excluding hydrogens is 290 g/mol. The van der Waals surface area contributed by atoms with Gasteiger partial charge in [0.05, 0.1) is 0 Å². The van der Waals surface area contributed by atoms with Gasteiger partial charge in [-0.2, -0.15) is 0 Å². The second kappa shape index (κ2) is 7.54. The van der Waals surface area contributed by atoms with Gasteiger partial charge in [-0.1, -0.05) is 6.92 Å². The molecule has 122 valence electrons. The first-order valence-electron chi connectivity index (χ1n) is 7.64. The minimum atomic E-state index is -0.829. The maximum Gasteiger partial charge on any atom is 0.260 e. The average molecular weight is 312 g/mol. The number of nitrogens with one attached hydrogen (secondary N) is 1. The number of hydrogen-bond acceptors (Lipinski definition) is 3. The first-order valence-corrected chi connectivity index (χ1v) is 7.64. The molecule has 1 aliphatic rings. The van der Waals surface area contributed by atoms with Crippen LogP contribution in [-0.4, -0.2) is 42.6 Å². The lowest BCUT2D eigenvalue weighted by atomic mass is 10.0. The van der Waals surface area contributed by atoms with Crippen molar-refractivity contribution in [3.8, 4) is 5.75 Å². The maximum atomic E-state index is 13.5. The molecule has 1 amide bonds. The van der Waals surface area contributed by atoms with Gasteiger partial charge in [0, 0.05) is 25.2 Å². The Morgan fingerprint density at radius 1 is 1.41 bits per heavy atom. The van der Waals surface area contributed by atoms with E-state index in [-0.39, 0.29) is 17.7 Å². The maximum absolute atomic E-state index is 13.5. The lowest BCUT2D eigenvalue weighted by Gasteiger charge is -2.32. The standard InChI is InChI=1S/C16H22F2N2O2/c1-3-20-8-6-13(7-9-20)19-16(21)11(2)22-15-5-4-12(17)10-14(15)18/h4-5,10-11,13H,3,6-9H2,1-2H3,(H,19,21)/t11-/m0/s1. The fourth-order valence-electron chi connectivity index (χ4n) is 2.53. The zero-order chi connectivity index (χ0) is 16.1. The van der Waals surface area contributed by atoms with Crippen molar-refractivity contribution in [3.05, 3.63) is 29.8 Å². The topological polar surface area (TPSA) is 41.6 Å². The first-order chi connectivity index (χ1) is 10.5. The van der Waals surface area contributed by atoms with Crippen molar-refractivity contribution in [3.63, 3.8) is 0 Å². The molecule has 0 unspecified atom stereocenters. The number of rotatable bonds is 5. The number of amides is 1. The summed E-state index contributed by atoms with van der Waals surface area (Å²) in [6.07, 6.45) is 0.971. The van der Waals surface area contributed by atoms with E-state index in [1.165, 1.54) is 6.07 Å². The van der Waals surface area contributed by atoms with E-state index in [1.807, 2.05) is 0 Å². The summed E-state index contributed by atoms with van der Waals surface area (Å²) in [6, 6.07) is 3.15. The van der Waals surface area contributed by atoms with Crippen LogP contribution in [0, 0.1) is 11.6 Å². The molecular formula is C16H22F2N2O2. The number of ether oxygens (including phenoxy) is 1. The van der Waals surface area contributed by atoms with Crippen LogP contribution in [0.2, 0.25) is 0 Å². The number of hydrogen-bond donors (Lipinski definition) is 1. The smallest absolute Gasteiger partial charge is 0.260 e. The van der Waals surface area contributed by atoms with Crippen molar-refractivity contribution in [1.82, 2.24) is 10.2 Å². The van der Waals surface area contributed by atoms with Crippen LogP contribution in [0.5, 0.6) is 5.75 Å². The fourth-order valence-corrected chi connectivity index (χ4v) is 2.53. The number of carbonyl (C=O) groups excluding carboxylic acids is 1. The van der Waals surface area contributed by atoms with Crippen LogP contribution in [0.3, 0.4) is 0 Å². The van der Waals surface area contributed by atoms with Gasteiger partial charge >= 0.3 is 0 Å². The highest BCUT2D eigenvalue weighted by Gasteiger charge is 2.23. The second-order valence-electron chi connectivity index (χ2n) is 5.55. The molecule has 0 aromatic heterocycles. The molecule has 1 saturated heterocycles. The molecule has 1 heterocycles. The zero-order valence-corrected chi connectivity index (χ0v) is 12.9. The van der Waals surface area contributed by atoms with Gasteiger partial charge in [0.1, 0.15) is 5.82 Å². The second-order valence-corrected chi connectivity index (χ2v) is 5.55. The Morgan fingerprint density at radius 2 is 2.09 bits per heavy atom. The monoisotopic (exact) mass is 312 g/mol. The van der Waals surface area contributed by atoms with Crippen molar-refractivity contribution in [1.29, 1.82) is 0 Å². The minimum absolute atomic E-state index is 0.121. The van der Waals surface area contributed by atoms with Gasteiger partial charge in [0.15, 0.2) is 17.7 Å². The summed E-state index contributed by atoms with van der Waals surface area (Å²) in [7, 11) is 0. The highest BCUT2D eigenvalue weighted by Crippen LogP contribution is 2.19. The number of piperidine rings is 1. The Bertz CT molecular complexity index is 517. The van der Waals surface area contributed by atoms with Crippen molar-refractivity contribution in [2.24, 2.45) is 0 Å². The predicted octanol–water partition coefficient (Wildman–Crippen LogP) is 2.33. The summed E-state index contributed by atoms with van der Waals surface area (Å²) in [5.41, 5.74) is 0. The minimum Gasteiger partial charge on any atom is -0.478 e. The largest absolute Gasteiger partial charge is 0.478 e. The molecule has 1 aliphatic heterocycles. The molecule has 0 saturated carbocycles. The summed E-state index contributed by atoms with van der Waals surface area (Å²) in [6.45, 7) is 6.61. The lowest BCUT2D eigenvalue weighted by molar-refractivity contribution is -0.128. The van der Waals surface area contributed by atoms with Crippen LogP contribution >= 0.6 is 0 Å². The van der Waals surface area contributed by atoms with Crippen LogP contribution in [0.4, 0.5) is 8.78 Å². The summed E-state index contributed by atoms with van der Waals surface area (Å²) in [5.74, 6) is -1.89. The number of carbonyl (C=O) groups is 1. The van der Waals surface area contributed by atoms with Gasteiger partial charge in [0.25, 0.3) is 5.91 Å². The van der Waals surface area contributed by atoms with E-state index in [0.29, 0.717) is 0 Å². The van der Waals surface area contributed by atoms with Crippen LogP contribution in [0.1, 0.15) is 26.7 Å². The highest BCUT2D eigenvalue weighted by atomic mass is 19.1. The Kier molecular flexibility index (Phi) is 5.71. The Labute approximate surface area is 129 Å². The quantitative estimate of drug-likeness (QED) is 0.907. The Balaban J connectivity index is 1.84. The molecule has 1 aromatic carbocycles. The third-order valence-corrected chi connectivity index (χ3v) is 3.95. The molecule has 1 N–H and O–H groups in total. The van der Waals surface area contributed by atoms with E-state index < -0.39 is 17.7 Å².